The Bertz CT molecular complexity index is 839. The third kappa shape index (κ3) is 2.61. The molecule has 0 radical (unpaired) electrons. The second-order valence-electron chi connectivity index (χ2n) is 3.49. The van der Waals surface area contributed by atoms with Crippen LogP contribution >= 0.6 is 22.6 Å². The lowest BCUT2D eigenvalue weighted by atomic mass is 10.4. The monoisotopic (exact) mass is 396 g/mol. The predicted molar refractivity (Wildman–Crippen MR) is 73.0 cm³/mol. The maximum absolute atomic E-state index is 13.1. The molecule has 0 fully saturated rings. The van der Waals surface area contributed by atoms with E-state index < -0.39 is 27.1 Å². The number of H-pyrrole nitrogens is 1. The van der Waals surface area contributed by atoms with Gasteiger partial charge in [0.05, 0.1) is 11.1 Å². The van der Waals surface area contributed by atoms with Crippen LogP contribution in [0.25, 0.3) is 0 Å². The molecule has 0 aliphatic carbocycles. The van der Waals surface area contributed by atoms with Gasteiger partial charge in [-0.3, -0.25) is 9.78 Å². The molecule has 0 aliphatic rings. The summed E-state index contributed by atoms with van der Waals surface area (Å²) >= 11 is 1.98. The van der Waals surface area contributed by atoms with Crippen LogP contribution in [0.2, 0.25) is 0 Å². The zero-order chi connectivity index (χ0) is 14.2. The fourth-order valence-corrected chi connectivity index (χ4v) is 2.89. The van der Waals surface area contributed by atoms with Crippen molar-refractivity contribution in [3.63, 3.8) is 0 Å². The first-order valence-electron chi connectivity index (χ1n) is 4.85. The smallest absolute Gasteiger partial charge is 0.271 e. The molecule has 9 heteroatoms. The van der Waals surface area contributed by atoms with Crippen molar-refractivity contribution < 1.29 is 12.8 Å². The minimum absolute atomic E-state index is 0.159. The lowest BCUT2D eigenvalue weighted by molar-refractivity contribution is 0.564. The highest BCUT2D eigenvalue weighted by molar-refractivity contribution is 14.1. The normalized spacial score (nSPS) is 11.5. The number of aromatic amines is 1. The van der Waals surface area contributed by atoms with Gasteiger partial charge in [-0.2, -0.15) is 8.36 Å². The van der Waals surface area contributed by atoms with E-state index in [0.29, 0.717) is 6.20 Å². The SMILES string of the molecule is O=c1[nH]c(=O)n(S(=O)(=O)c2ccc(I)cc2)cc1F. The molecule has 2 rings (SSSR count). The maximum atomic E-state index is 13.1. The topological polar surface area (TPSA) is 89.0 Å². The molecule has 6 nitrogen and oxygen atoms in total. The van der Waals surface area contributed by atoms with Gasteiger partial charge in [-0.05, 0) is 46.9 Å². The van der Waals surface area contributed by atoms with Gasteiger partial charge in [0.1, 0.15) is 0 Å². The molecule has 0 saturated carbocycles. The summed E-state index contributed by atoms with van der Waals surface area (Å²) in [5, 5.41) is 0. The van der Waals surface area contributed by atoms with E-state index in [9.17, 15) is 22.4 Å². The van der Waals surface area contributed by atoms with E-state index in [4.69, 9.17) is 0 Å². The Morgan fingerprint density at radius 3 is 2.32 bits per heavy atom. The summed E-state index contributed by atoms with van der Waals surface area (Å²) in [6.07, 6.45) is 0.356. The molecular formula is C10H6FIN2O4S. The molecule has 2 aromatic rings. The number of nitrogens with one attached hydrogen (secondary N) is 1. The van der Waals surface area contributed by atoms with Crippen molar-refractivity contribution in [2.75, 3.05) is 0 Å². The van der Waals surface area contributed by atoms with E-state index >= 15 is 0 Å². The molecule has 0 saturated heterocycles. The Morgan fingerprint density at radius 1 is 1.16 bits per heavy atom. The lowest BCUT2D eigenvalue weighted by Gasteiger charge is -2.06. The number of aromatic nitrogens is 2. The summed E-state index contributed by atoms with van der Waals surface area (Å²) in [4.78, 5) is 23.7. The summed E-state index contributed by atoms with van der Waals surface area (Å²) in [5.74, 6) is -1.35. The Morgan fingerprint density at radius 2 is 1.74 bits per heavy atom. The number of benzene rings is 1. The van der Waals surface area contributed by atoms with E-state index in [1.54, 1.807) is 4.98 Å². The average Bonchev–Trinajstić information content (AvgIpc) is 2.34. The third-order valence-corrected chi connectivity index (χ3v) is 4.61. The van der Waals surface area contributed by atoms with Crippen LogP contribution in [0.5, 0.6) is 0 Å². The third-order valence-electron chi connectivity index (χ3n) is 2.24. The zero-order valence-electron chi connectivity index (χ0n) is 9.13. The highest BCUT2D eigenvalue weighted by atomic mass is 127. The van der Waals surface area contributed by atoms with Crippen LogP contribution in [-0.4, -0.2) is 17.4 Å². The van der Waals surface area contributed by atoms with Crippen molar-refractivity contribution in [3.8, 4) is 0 Å². The lowest BCUT2D eigenvalue weighted by Crippen LogP contribution is -2.35. The first-order chi connectivity index (χ1) is 8.82. The Kier molecular flexibility index (Phi) is 3.58. The Balaban J connectivity index is 2.70. The van der Waals surface area contributed by atoms with Crippen molar-refractivity contribution in [2.45, 2.75) is 4.90 Å². The Labute approximate surface area is 120 Å². The number of halogens is 2. The maximum Gasteiger partial charge on any atom is 0.342 e. The van der Waals surface area contributed by atoms with E-state index in [1.807, 2.05) is 22.6 Å². The first kappa shape index (κ1) is 13.9. The molecule has 0 atom stereocenters. The van der Waals surface area contributed by atoms with Gasteiger partial charge in [0.15, 0.2) is 0 Å². The van der Waals surface area contributed by atoms with Gasteiger partial charge in [-0.25, -0.2) is 13.2 Å². The van der Waals surface area contributed by atoms with Crippen LogP contribution in [0.3, 0.4) is 0 Å². The van der Waals surface area contributed by atoms with Gasteiger partial charge in [0, 0.05) is 3.57 Å². The minimum atomic E-state index is -4.23. The second-order valence-corrected chi connectivity index (χ2v) is 6.55. The molecule has 19 heavy (non-hydrogen) atoms. The summed E-state index contributed by atoms with van der Waals surface area (Å²) in [6.45, 7) is 0. The molecule has 1 N–H and O–H groups in total. The van der Waals surface area contributed by atoms with Crippen LogP contribution in [0.1, 0.15) is 0 Å². The van der Waals surface area contributed by atoms with Crippen LogP contribution < -0.4 is 11.2 Å². The zero-order valence-corrected chi connectivity index (χ0v) is 12.1. The molecule has 0 spiro atoms. The van der Waals surface area contributed by atoms with Crippen molar-refractivity contribution in [2.24, 2.45) is 0 Å². The Hall–Kier alpha value is -1.49. The van der Waals surface area contributed by atoms with E-state index in [0.717, 1.165) is 3.57 Å². The molecule has 1 heterocycles. The van der Waals surface area contributed by atoms with Crippen molar-refractivity contribution in [1.29, 1.82) is 0 Å². The number of hydrogen-bond donors (Lipinski definition) is 1. The average molecular weight is 396 g/mol. The second kappa shape index (κ2) is 4.89. The van der Waals surface area contributed by atoms with Crippen LogP contribution in [0.4, 0.5) is 4.39 Å². The fraction of sp³-hybridized carbons (Fsp3) is 0. The van der Waals surface area contributed by atoms with Gasteiger partial charge >= 0.3 is 5.69 Å². The van der Waals surface area contributed by atoms with Crippen molar-refractivity contribution in [1.82, 2.24) is 8.96 Å². The van der Waals surface area contributed by atoms with Crippen LogP contribution in [0.15, 0.2) is 44.9 Å². The summed E-state index contributed by atoms with van der Waals surface area (Å²) < 4.78 is 38.3. The van der Waals surface area contributed by atoms with E-state index in [1.165, 1.54) is 24.3 Å². The van der Waals surface area contributed by atoms with E-state index in [2.05, 4.69) is 0 Å². The minimum Gasteiger partial charge on any atom is -0.271 e. The standard InChI is InChI=1S/C10H6FIN2O4S/c11-8-5-14(10(16)13-9(8)15)19(17,18)7-3-1-6(12)2-4-7/h1-5H,(H,13,15,16). The largest absolute Gasteiger partial charge is 0.342 e. The molecule has 0 unspecified atom stereocenters. The highest BCUT2D eigenvalue weighted by Gasteiger charge is 2.20. The van der Waals surface area contributed by atoms with Crippen molar-refractivity contribution >= 4 is 32.6 Å². The van der Waals surface area contributed by atoms with E-state index in [-0.39, 0.29) is 8.87 Å². The molecule has 0 bridgehead atoms. The first-order valence-corrected chi connectivity index (χ1v) is 7.37. The van der Waals surface area contributed by atoms with Gasteiger partial charge in [0.2, 0.25) is 5.82 Å². The molecule has 1 aromatic carbocycles. The van der Waals surface area contributed by atoms with Gasteiger partial charge in [-0.15, -0.1) is 0 Å². The van der Waals surface area contributed by atoms with Crippen LogP contribution in [-0.2, 0) is 10.0 Å². The number of hydrogen-bond acceptors (Lipinski definition) is 4. The summed E-state index contributed by atoms with van der Waals surface area (Å²) in [5.41, 5.74) is -2.48. The number of nitrogens with zero attached hydrogens (tertiary/aromatic N) is 1. The van der Waals surface area contributed by atoms with Crippen molar-refractivity contribution in [3.05, 3.63) is 60.7 Å². The number of rotatable bonds is 2. The highest BCUT2D eigenvalue weighted by Crippen LogP contribution is 2.14. The quantitative estimate of drug-likeness (QED) is 0.750. The van der Waals surface area contributed by atoms with Gasteiger partial charge < -0.3 is 0 Å². The molecule has 100 valence electrons. The molecule has 0 aliphatic heterocycles. The summed E-state index contributed by atoms with van der Waals surface area (Å²) in [7, 11) is -4.23. The summed E-state index contributed by atoms with van der Waals surface area (Å²) in [6, 6.07) is 5.63. The van der Waals surface area contributed by atoms with Crippen LogP contribution in [0, 0.1) is 9.39 Å². The fourth-order valence-electron chi connectivity index (χ4n) is 1.33. The molecule has 1 aromatic heterocycles. The van der Waals surface area contributed by atoms with Gasteiger partial charge in [0.25, 0.3) is 15.6 Å². The molecule has 0 amide bonds. The molecular weight excluding hydrogens is 390 g/mol. The predicted octanol–water partition coefficient (Wildman–Crippen LogP) is 0.517. The van der Waals surface area contributed by atoms with Gasteiger partial charge in [-0.1, -0.05) is 0 Å².